The van der Waals surface area contributed by atoms with Crippen LogP contribution in [0.2, 0.25) is 0 Å². The van der Waals surface area contributed by atoms with Crippen molar-refractivity contribution in [3.63, 3.8) is 0 Å². The summed E-state index contributed by atoms with van der Waals surface area (Å²) in [6.45, 7) is 14.5. The molecule has 3 rings (SSSR count). The Morgan fingerprint density at radius 2 is 1.77 bits per heavy atom. The molecule has 1 aliphatic rings. The second-order valence-electron chi connectivity index (χ2n) is 15.6. The number of methoxy groups -OCH3 is 2. The first-order valence-electron chi connectivity index (χ1n) is 19.2. The maximum atomic E-state index is 14.3. The minimum Gasteiger partial charge on any atom is -0.379 e. The molecule has 0 unspecified atom stereocenters. The van der Waals surface area contributed by atoms with E-state index in [1.54, 1.807) is 44.6 Å². The predicted octanol–water partition coefficient (Wildman–Crippen LogP) is 6.49. The lowest BCUT2D eigenvalue weighted by atomic mass is 9.83. The topological polar surface area (TPSA) is 113 Å². The van der Waals surface area contributed by atoms with E-state index in [1.807, 2.05) is 62.4 Å². The molecule has 1 fully saturated rings. The molecule has 2 amide bonds. The number of likely N-dealkylation sites (tertiary alicyclic amines) is 1. The fourth-order valence-electron chi connectivity index (χ4n) is 7.53. The Labute approximate surface area is 328 Å². The first kappa shape index (κ1) is 44.6. The predicted molar refractivity (Wildman–Crippen MR) is 218 cm³/mol. The van der Waals surface area contributed by atoms with E-state index in [1.165, 1.54) is 5.56 Å². The molecule has 0 radical (unpaired) electrons. The highest BCUT2D eigenvalue weighted by atomic mass is 32.1. The van der Waals surface area contributed by atoms with Crippen LogP contribution in [0.3, 0.4) is 0 Å². The van der Waals surface area contributed by atoms with Crippen LogP contribution in [0.1, 0.15) is 97.2 Å². The first-order chi connectivity index (χ1) is 25.1. The number of ketones is 1. The number of carbonyl (C=O) groups excluding carboxylic acids is 3. The number of likely N-dealkylation sites (N-methyl/N-ethyl adjacent to an activating group) is 2. The summed E-state index contributed by atoms with van der Waals surface area (Å²) in [5, 5.41) is 9.62. The molecule has 0 spiro atoms. The first-order valence-corrected chi connectivity index (χ1v) is 20.5. The molecule has 8 atom stereocenters. The highest BCUT2D eigenvalue weighted by Gasteiger charge is 2.43. The third-order valence-electron chi connectivity index (χ3n) is 11.5. The van der Waals surface area contributed by atoms with Crippen LogP contribution >= 0.6 is 23.6 Å². The third kappa shape index (κ3) is 11.6. The lowest BCUT2D eigenvalue weighted by molar-refractivity contribution is -0.148. The summed E-state index contributed by atoms with van der Waals surface area (Å²) in [6.07, 6.45) is 4.40. The SMILES string of the molecule is CC[C@H](C)[C@@H]([C@@H](CC(=O)N1CCC[C@H]1[C@H](OC)[C@@H](C)C(=S)N[C@@H](Cc1ccccc1)c1nccs1)OC)N(C)C(=O)[C@@H](CC(=O)C(C)(C)NC)C(C)C. The number of Topliss-reactive ketones (excluding diaryl/α,β-unsaturated/α-hetero) is 1. The number of amides is 2. The van der Waals surface area contributed by atoms with Crippen LogP contribution in [-0.2, 0) is 30.3 Å². The number of thiazole rings is 1. The molecule has 12 heteroatoms. The van der Waals surface area contributed by atoms with Crippen LogP contribution in [0.4, 0.5) is 0 Å². The Morgan fingerprint density at radius 3 is 2.32 bits per heavy atom. The summed E-state index contributed by atoms with van der Waals surface area (Å²) in [5.41, 5.74) is 0.450. The van der Waals surface area contributed by atoms with E-state index in [4.69, 9.17) is 21.7 Å². The van der Waals surface area contributed by atoms with Crippen molar-refractivity contribution in [3.05, 3.63) is 52.5 Å². The molecule has 2 N–H and O–H groups in total. The van der Waals surface area contributed by atoms with E-state index in [2.05, 4.69) is 48.5 Å². The molecule has 296 valence electrons. The van der Waals surface area contributed by atoms with E-state index in [-0.39, 0.29) is 72.4 Å². The van der Waals surface area contributed by atoms with Gasteiger partial charge in [-0.25, -0.2) is 4.98 Å². The van der Waals surface area contributed by atoms with Gasteiger partial charge in [-0.15, -0.1) is 11.3 Å². The van der Waals surface area contributed by atoms with Crippen molar-refractivity contribution in [2.24, 2.45) is 23.7 Å². The minimum absolute atomic E-state index is 0.00871. The summed E-state index contributed by atoms with van der Waals surface area (Å²) in [6, 6.07) is 9.68. The molecule has 2 aromatic rings. The summed E-state index contributed by atoms with van der Waals surface area (Å²) < 4.78 is 12.2. The van der Waals surface area contributed by atoms with Gasteiger partial charge in [-0.05, 0) is 57.6 Å². The van der Waals surface area contributed by atoms with Crippen molar-refractivity contribution in [1.82, 2.24) is 25.4 Å². The monoisotopic (exact) mass is 771 g/mol. The molecule has 2 heterocycles. The summed E-state index contributed by atoms with van der Waals surface area (Å²) in [7, 11) is 6.86. The Kier molecular flexibility index (Phi) is 17.5. The van der Waals surface area contributed by atoms with Gasteiger partial charge >= 0.3 is 0 Å². The quantitative estimate of drug-likeness (QED) is 0.138. The number of nitrogens with zero attached hydrogens (tertiary/aromatic N) is 3. The van der Waals surface area contributed by atoms with Gasteiger partial charge < -0.3 is 29.9 Å². The van der Waals surface area contributed by atoms with Crippen molar-refractivity contribution < 1.29 is 23.9 Å². The molecule has 0 aliphatic carbocycles. The van der Waals surface area contributed by atoms with Crippen LogP contribution in [0.25, 0.3) is 0 Å². The number of rotatable bonds is 21. The van der Waals surface area contributed by atoms with Crippen LogP contribution in [0.5, 0.6) is 0 Å². The lowest BCUT2D eigenvalue weighted by Crippen LogP contribution is -2.54. The van der Waals surface area contributed by atoms with Crippen molar-refractivity contribution >= 4 is 46.1 Å². The van der Waals surface area contributed by atoms with Gasteiger partial charge in [0.2, 0.25) is 11.8 Å². The van der Waals surface area contributed by atoms with Gasteiger partial charge in [-0.1, -0.05) is 83.6 Å². The van der Waals surface area contributed by atoms with E-state index < -0.39 is 17.6 Å². The van der Waals surface area contributed by atoms with Gasteiger partial charge in [-0.2, -0.15) is 0 Å². The average molecular weight is 772 g/mol. The van der Waals surface area contributed by atoms with E-state index in [0.717, 1.165) is 30.7 Å². The average Bonchev–Trinajstić information content (AvgIpc) is 3.87. The number of benzene rings is 1. The molecule has 1 saturated heterocycles. The van der Waals surface area contributed by atoms with E-state index >= 15 is 0 Å². The zero-order valence-corrected chi connectivity index (χ0v) is 35.5. The van der Waals surface area contributed by atoms with Crippen molar-refractivity contribution in [3.8, 4) is 0 Å². The second-order valence-corrected chi connectivity index (χ2v) is 16.9. The molecule has 0 saturated carbocycles. The molecular formula is C41H65N5O5S2. The van der Waals surface area contributed by atoms with Crippen LogP contribution < -0.4 is 10.6 Å². The standard InChI is InChI=1S/C41H65N5O5S2/c1-12-27(4)36(45(9)40(49)30(26(2)3)24-34(47)41(6,7)42-8)33(50-10)25-35(48)46-21-16-19-32(46)37(51-11)28(5)38(52)44-31(39-43-20-22-53-39)23-29-17-14-13-15-18-29/h13-15,17-18,20,22,26-28,30-33,36-37,42H,12,16,19,21,23-25H2,1-11H3,(H,44,52)/t27-,28+,30-,31-,32-,33+,36-,37+/m0/s1. The van der Waals surface area contributed by atoms with E-state index in [9.17, 15) is 14.4 Å². The van der Waals surface area contributed by atoms with Crippen LogP contribution in [0.15, 0.2) is 41.9 Å². The highest BCUT2D eigenvalue weighted by molar-refractivity contribution is 7.80. The van der Waals surface area contributed by atoms with Gasteiger partial charge in [0.15, 0.2) is 5.78 Å². The summed E-state index contributed by atoms with van der Waals surface area (Å²) in [4.78, 5) is 50.7. The molecule has 1 aromatic carbocycles. The number of hydrogen-bond donors (Lipinski definition) is 2. The minimum atomic E-state index is -0.738. The van der Waals surface area contributed by atoms with Crippen molar-refractivity contribution in [2.75, 3.05) is 34.9 Å². The molecule has 10 nitrogen and oxygen atoms in total. The maximum Gasteiger partial charge on any atom is 0.226 e. The fourth-order valence-corrected chi connectivity index (χ4v) is 8.50. The fraction of sp³-hybridized carbons (Fsp3) is 0.683. The van der Waals surface area contributed by atoms with Gasteiger partial charge in [0.1, 0.15) is 5.01 Å². The molecule has 0 bridgehead atoms. The van der Waals surface area contributed by atoms with Gasteiger partial charge in [0.25, 0.3) is 0 Å². The highest BCUT2D eigenvalue weighted by Crippen LogP contribution is 2.32. The molecule has 1 aliphatic heterocycles. The number of ether oxygens (including phenoxy) is 2. The third-order valence-corrected chi connectivity index (χ3v) is 12.8. The molecule has 53 heavy (non-hydrogen) atoms. The Hall–Kier alpha value is -2.77. The lowest BCUT2D eigenvalue weighted by Gasteiger charge is -2.41. The van der Waals surface area contributed by atoms with E-state index in [0.29, 0.717) is 11.5 Å². The Balaban J connectivity index is 1.78. The zero-order valence-electron chi connectivity index (χ0n) is 33.9. The van der Waals surface area contributed by atoms with Gasteiger partial charge in [-0.3, -0.25) is 14.4 Å². The normalized spacial score (nSPS) is 18.9. The van der Waals surface area contributed by atoms with Gasteiger partial charge in [0, 0.05) is 57.6 Å². The molecule has 1 aromatic heterocycles. The second kappa shape index (κ2) is 20.8. The largest absolute Gasteiger partial charge is 0.379 e. The number of aromatic nitrogens is 1. The number of nitrogens with one attached hydrogen (secondary N) is 2. The Morgan fingerprint density at radius 1 is 1.09 bits per heavy atom. The number of thiocarbonyl (C=S) groups is 1. The van der Waals surface area contributed by atoms with Crippen LogP contribution in [-0.4, -0.2) is 102 Å². The van der Waals surface area contributed by atoms with Crippen molar-refractivity contribution in [2.45, 2.75) is 123 Å². The molecular weight excluding hydrogens is 707 g/mol. The van der Waals surface area contributed by atoms with Crippen LogP contribution in [0, 0.1) is 23.7 Å². The smallest absolute Gasteiger partial charge is 0.226 e. The number of carbonyl (C=O) groups is 3. The van der Waals surface area contributed by atoms with Gasteiger partial charge in [0.05, 0.1) is 47.3 Å². The maximum absolute atomic E-state index is 14.3. The van der Waals surface area contributed by atoms with Crippen molar-refractivity contribution in [1.29, 1.82) is 0 Å². The summed E-state index contributed by atoms with van der Waals surface area (Å²) in [5.74, 6) is -0.807. The number of hydrogen-bond acceptors (Lipinski definition) is 9. The summed E-state index contributed by atoms with van der Waals surface area (Å²) >= 11 is 7.64. The zero-order chi connectivity index (χ0) is 39.5. The Bertz CT molecular complexity index is 1460.